The molecule has 0 saturated carbocycles. The van der Waals surface area contributed by atoms with Gasteiger partial charge < -0.3 is 19.8 Å². The van der Waals surface area contributed by atoms with Gasteiger partial charge in [-0.15, -0.1) is 0 Å². The van der Waals surface area contributed by atoms with Crippen molar-refractivity contribution in [2.45, 2.75) is 219 Å². The fourth-order valence-electron chi connectivity index (χ4n) is 6.91. The van der Waals surface area contributed by atoms with Crippen molar-refractivity contribution in [3.05, 3.63) is 72.9 Å². The Morgan fingerprint density at radius 2 is 0.984 bits per heavy atom. The SMILES string of the molecule is CC/C=C\C/C=C\C/C=C\CCCCCCCCCC(=O)NC(COP(=O)(O)OCC[N+](C)(C)C)C(O)/C=C/CC/C=C/CC/C=C/CCCCCCCCCCCCCCC. The summed E-state index contributed by atoms with van der Waals surface area (Å²) in [6.07, 6.45) is 59.9. The van der Waals surface area contributed by atoms with Crippen molar-refractivity contribution in [3.8, 4) is 0 Å². The van der Waals surface area contributed by atoms with Gasteiger partial charge in [0.1, 0.15) is 13.2 Å². The van der Waals surface area contributed by atoms with Crippen LogP contribution in [0.25, 0.3) is 0 Å². The number of allylic oxidation sites excluding steroid dienone is 11. The van der Waals surface area contributed by atoms with Crippen molar-refractivity contribution in [2.24, 2.45) is 0 Å². The molecular formula is C53H98N2O6P+. The maximum absolute atomic E-state index is 12.9. The summed E-state index contributed by atoms with van der Waals surface area (Å²) in [5.41, 5.74) is 0. The van der Waals surface area contributed by atoms with Crippen LogP contribution in [0.5, 0.6) is 0 Å². The largest absolute Gasteiger partial charge is 0.472 e. The van der Waals surface area contributed by atoms with Gasteiger partial charge in [-0.1, -0.05) is 196 Å². The molecule has 0 bridgehead atoms. The van der Waals surface area contributed by atoms with E-state index in [0.29, 0.717) is 17.4 Å². The summed E-state index contributed by atoms with van der Waals surface area (Å²) < 4.78 is 23.6. The third-order valence-corrected chi connectivity index (χ3v) is 11.9. The lowest BCUT2D eigenvalue weighted by Gasteiger charge is -2.25. The number of aliphatic hydroxyl groups excluding tert-OH is 1. The minimum Gasteiger partial charge on any atom is -0.387 e. The summed E-state index contributed by atoms with van der Waals surface area (Å²) in [6, 6.07) is -0.878. The van der Waals surface area contributed by atoms with Crippen molar-refractivity contribution in [1.29, 1.82) is 0 Å². The Balaban J connectivity index is 4.42. The Labute approximate surface area is 383 Å². The molecular weight excluding hydrogens is 792 g/mol. The van der Waals surface area contributed by atoms with Crippen molar-refractivity contribution < 1.29 is 32.9 Å². The first-order valence-electron chi connectivity index (χ1n) is 25.3. The predicted octanol–water partition coefficient (Wildman–Crippen LogP) is 14.8. The quantitative estimate of drug-likeness (QED) is 0.0243. The van der Waals surface area contributed by atoms with E-state index in [1.54, 1.807) is 6.08 Å². The Kier molecular flexibility index (Phi) is 42.7. The van der Waals surface area contributed by atoms with Crippen LogP contribution in [0.2, 0.25) is 0 Å². The van der Waals surface area contributed by atoms with Gasteiger partial charge in [0, 0.05) is 6.42 Å². The van der Waals surface area contributed by atoms with E-state index in [1.165, 1.54) is 109 Å². The van der Waals surface area contributed by atoms with Crippen LogP contribution in [0.1, 0.15) is 206 Å². The molecule has 0 fully saturated rings. The van der Waals surface area contributed by atoms with Crippen LogP contribution < -0.4 is 5.32 Å². The first kappa shape index (κ1) is 59.9. The fraction of sp³-hybridized carbons (Fsp3) is 0.755. The summed E-state index contributed by atoms with van der Waals surface area (Å²) in [5, 5.41) is 13.8. The molecule has 360 valence electrons. The lowest BCUT2D eigenvalue weighted by Crippen LogP contribution is -2.45. The summed E-state index contributed by atoms with van der Waals surface area (Å²) >= 11 is 0. The lowest BCUT2D eigenvalue weighted by molar-refractivity contribution is -0.870. The number of carbonyl (C=O) groups excluding carboxylic acids is 1. The number of hydrogen-bond acceptors (Lipinski definition) is 5. The molecule has 62 heavy (non-hydrogen) atoms. The Bertz CT molecular complexity index is 1240. The van der Waals surface area contributed by atoms with Crippen LogP contribution in [-0.4, -0.2) is 73.4 Å². The zero-order valence-corrected chi connectivity index (χ0v) is 41.7. The van der Waals surface area contributed by atoms with Crippen LogP contribution in [0.3, 0.4) is 0 Å². The second-order valence-corrected chi connectivity index (χ2v) is 19.6. The average molecular weight is 890 g/mol. The smallest absolute Gasteiger partial charge is 0.387 e. The number of carbonyl (C=O) groups is 1. The molecule has 0 radical (unpaired) electrons. The molecule has 0 heterocycles. The number of nitrogens with zero attached hydrogens (tertiary/aromatic N) is 1. The Morgan fingerprint density at radius 3 is 1.48 bits per heavy atom. The second-order valence-electron chi connectivity index (χ2n) is 18.1. The van der Waals surface area contributed by atoms with Gasteiger partial charge in [0.15, 0.2) is 0 Å². The second kappa shape index (κ2) is 44.2. The topological polar surface area (TPSA) is 105 Å². The number of rotatable bonds is 45. The Morgan fingerprint density at radius 1 is 0.565 bits per heavy atom. The zero-order valence-electron chi connectivity index (χ0n) is 40.8. The molecule has 8 nitrogen and oxygen atoms in total. The van der Waals surface area contributed by atoms with Crippen molar-refractivity contribution in [3.63, 3.8) is 0 Å². The molecule has 3 N–H and O–H groups in total. The molecule has 0 aromatic carbocycles. The number of likely N-dealkylation sites (N-methyl/N-ethyl adjacent to an activating group) is 1. The van der Waals surface area contributed by atoms with Gasteiger partial charge in [0.25, 0.3) is 0 Å². The maximum Gasteiger partial charge on any atom is 0.472 e. The molecule has 1 amide bonds. The molecule has 0 saturated heterocycles. The molecule has 0 rings (SSSR count). The van der Waals surface area contributed by atoms with Gasteiger partial charge in [-0.05, 0) is 77.0 Å². The maximum atomic E-state index is 12.9. The molecule has 0 aliphatic heterocycles. The highest BCUT2D eigenvalue weighted by Gasteiger charge is 2.27. The third kappa shape index (κ3) is 45.9. The number of phosphoric acid groups is 1. The number of phosphoric ester groups is 1. The standard InChI is InChI=1S/C53H97N2O6P/c1-6-8-10-12-14-16-18-20-22-24-25-26-27-28-29-31-32-34-36-38-40-42-44-46-52(56)51(50-61-62(58,59)60-49-48-55(3,4)5)54-53(57)47-45-43-41-39-37-35-33-30-23-21-19-17-15-13-11-9-7-2/h9,11,15,17,21,23,29,31,36,38,44,46,51-52,56H,6-8,10,12-14,16,18-20,22,24-28,30,32-35,37,39-43,45,47-50H2,1-5H3,(H-,54,57,58,59)/p+1/b11-9-,17-15-,23-21-,31-29+,38-36+,46-44+. The average Bonchev–Trinajstić information content (AvgIpc) is 3.23. The highest BCUT2D eigenvalue weighted by molar-refractivity contribution is 7.47. The number of amides is 1. The summed E-state index contributed by atoms with van der Waals surface area (Å²) in [7, 11) is 1.53. The van der Waals surface area contributed by atoms with Crippen LogP contribution in [0.4, 0.5) is 0 Å². The number of hydrogen-bond donors (Lipinski definition) is 3. The molecule has 9 heteroatoms. The first-order valence-corrected chi connectivity index (χ1v) is 26.8. The molecule has 0 aromatic rings. The van der Waals surface area contributed by atoms with E-state index in [0.717, 1.165) is 77.0 Å². The van der Waals surface area contributed by atoms with E-state index in [9.17, 15) is 19.4 Å². The first-order chi connectivity index (χ1) is 30.0. The normalized spacial score (nSPS) is 14.8. The van der Waals surface area contributed by atoms with Crippen LogP contribution in [0.15, 0.2) is 72.9 Å². The molecule has 0 aromatic heterocycles. The molecule has 0 aliphatic rings. The van der Waals surface area contributed by atoms with E-state index in [4.69, 9.17) is 9.05 Å². The number of unbranched alkanes of at least 4 members (excludes halogenated alkanes) is 22. The van der Waals surface area contributed by atoms with Crippen LogP contribution >= 0.6 is 7.82 Å². The predicted molar refractivity (Wildman–Crippen MR) is 267 cm³/mol. The lowest BCUT2D eigenvalue weighted by atomic mass is 10.0. The summed E-state index contributed by atoms with van der Waals surface area (Å²) in [6.45, 7) is 4.66. The van der Waals surface area contributed by atoms with E-state index < -0.39 is 20.0 Å². The van der Waals surface area contributed by atoms with Crippen molar-refractivity contribution in [2.75, 3.05) is 40.9 Å². The van der Waals surface area contributed by atoms with Crippen LogP contribution in [-0.2, 0) is 18.4 Å². The fourth-order valence-corrected chi connectivity index (χ4v) is 7.65. The van der Waals surface area contributed by atoms with E-state index >= 15 is 0 Å². The van der Waals surface area contributed by atoms with Crippen molar-refractivity contribution in [1.82, 2.24) is 5.32 Å². The Hall–Kier alpha value is -2.06. The summed E-state index contributed by atoms with van der Waals surface area (Å²) in [5.74, 6) is -0.204. The van der Waals surface area contributed by atoms with Gasteiger partial charge >= 0.3 is 7.82 Å². The van der Waals surface area contributed by atoms with E-state index in [-0.39, 0.29) is 19.1 Å². The van der Waals surface area contributed by atoms with Gasteiger partial charge in [-0.25, -0.2) is 4.57 Å². The third-order valence-electron chi connectivity index (χ3n) is 10.9. The number of nitrogens with one attached hydrogen (secondary N) is 1. The molecule has 3 atom stereocenters. The molecule has 3 unspecified atom stereocenters. The monoisotopic (exact) mass is 890 g/mol. The van der Waals surface area contributed by atoms with E-state index in [1.807, 2.05) is 27.2 Å². The van der Waals surface area contributed by atoms with Gasteiger partial charge in [0.2, 0.25) is 5.91 Å². The highest BCUT2D eigenvalue weighted by atomic mass is 31.2. The van der Waals surface area contributed by atoms with Crippen LogP contribution in [0, 0.1) is 0 Å². The minimum absolute atomic E-state index is 0.0482. The number of quaternary nitrogens is 1. The highest BCUT2D eigenvalue weighted by Crippen LogP contribution is 2.43. The van der Waals surface area contributed by atoms with Gasteiger partial charge in [-0.2, -0.15) is 0 Å². The zero-order chi connectivity index (χ0) is 45.7. The van der Waals surface area contributed by atoms with Gasteiger partial charge in [0.05, 0.1) is 39.9 Å². The number of aliphatic hydroxyl groups is 1. The molecule has 0 spiro atoms. The minimum atomic E-state index is -4.36. The molecule has 0 aliphatic carbocycles. The van der Waals surface area contributed by atoms with Gasteiger partial charge in [-0.3, -0.25) is 13.8 Å². The van der Waals surface area contributed by atoms with Crippen molar-refractivity contribution >= 4 is 13.7 Å². The summed E-state index contributed by atoms with van der Waals surface area (Å²) in [4.78, 5) is 23.2. The van der Waals surface area contributed by atoms with E-state index in [2.05, 4.69) is 79.9 Å².